The van der Waals surface area contributed by atoms with E-state index in [1.807, 2.05) is 6.20 Å². The Morgan fingerprint density at radius 1 is 1.44 bits per heavy atom. The predicted molar refractivity (Wildman–Crippen MR) is 67.5 cm³/mol. The SMILES string of the molecule is CCNc1ccc(CN(C)C2CCC2)cn1. The summed E-state index contributed by atoms with van der Waals surface area (Å²) in [7, 11) is 2.21. The summed E-state index contributed by atoms with van der Waals surface area (Å²) in [5.41, 5.74) is 1.30. The zero-order valence-corrected chi connectivity index (χ0v) is 10.2. The Morgan fingerprint density at radius 3 is 2.75 bits per heavy atom. The van der Waals surface area contributed by atoms with Gasteiger partial charge in [0.2, 0.25) is 0 Å². The van der Waals surface area contributed by atoms with Crippen LogP contribution in [0.4, 0.5) is 5.82 Å². The Bertz CT molecular complexity index is 316. The van der Waals surface area contributed by atoms with Crippen molar-refractivity contribution in [2.24, 2.45) is 0 Å². The lowest BCUT2D eigenvalue weighted by Gasteiger charge is -2.34. The van der Waals surface area contributed by atoms with Crippen molar-refractivity contribution in [3.8, 4) is 0 Å². The van der Waals surface area contributed by atoms with E-state index in [0.717, 1.165) is 24.9 Å². The maximum atomic E-state index is 4.39. The van der Waals surface area contributed by atoms with E-state index in [4.69, 9.17) is 0 Å². The average molecular weight is 219 g/mol. The highest BCUT2D eigenvalue weighted by Gasteiger charge is 2.21. The molecule has 1 heterocycles. The highest BCUT2D eigenvalue weighted by Crippen LogP contribution is 2.24. The number of pyridine rings is 1. The smallest absolute Gasteiger partial charge is 0.125 e. The summed E-state index contributed by atoms with van der Waals surface area (Å²) in [6.07, 6.45) is 6.10. The van der Waals surface area contributed by atoms with Gasteiger partial charge in [0.15, 0.2) is 0 Å². The Hall–Kier alpha value is -1.09. The fourth-order valence-corrected chi connectivity index (χ4v) is 2.05. The normalized spacial score (nSPS) is 16.2. The molecule has 1 aromatic heterocycles. The minimum atomic E-state index is 0.799. The summed E-state index contributed by atoms with van der Waals surface area (Å²) in [6.45, 7) is 4.03. The fourth-order valence-electron chi connectivity index (χ4n) is 2.05. The number of nitrogens with one attached hydrogen (secondary N) is 1. The molecule has 3 heteroatoms. The molecule has 1 saturated carbocycles. The molecule has 3 nitrogen and oxygen atoms in total. The van der Waals surface area contributed by atoms with Crippen molar-refractivity contribution in [1.82, 2.24) is 9.88 Å². The summed E-state index contributed by atoms with van der Waals surface area (Å²) < 4.78 is 0. The lowest BCUT2D eigenvalue weighted by molar-refractivity contribution is 0.152. The molecule has 88 valence electrons. The van der Waals surface area contributed by atoms with Crippen molar-refractivity contribution in [1.29, 1.82) is 0 Å². The number of aromatic nitrogens is 1. The molecule has 0 saturated heterocycles. The van der Waals surface area contributed by atoms with Gasteiger partial charge >= 0.3 is 0 Å². The summed E-state index contributed by atoms with van der Waals surface area (Å²) in [5, 5.41) is 3.21. The molecule has 0 bridgehead atoms. The molecule has 1 aliphatic rings. The van der Waals surface area contributed by atoms with Gasteiger partial charge in [-0.2, -0.15) is 0 Å². The number of rotatable bonds is 5. The predicted octanol–water partition coefficient (Wildman–Crippen LogP) is 2.50. The van der Waals surface area contributed by atoms with E-state index in [-0.39, 0.29) is 0 Å². The first-order valence-electron chi connectivity index (χ1n) is 6.18. The van der Waals surface area contributed by atoms with E-state index < -0.39 is 0 Å². The second kappa shape index (κ2) is 5.30. The molecule has 0 amide bonds. The van der Waals surface area contributed by atoms with Gasteiger partial charge in [0.05, 0.1) is 0 Å². The van der Waals surface area contributed by atoms with Crippen LogP contribution < -0.4 is 5.32 Å². The number of hydrogen-bond acceptors (Lipinski definition) is 3. The largest absolute Gasteiger partial charge is 0.370 e. The Labute approximate surface area is 97.9 Å². The van der Waals surface area contributed by atoms with Gasteiger partial charge in [0.25, 0.3) is 0 Å². The Balaban J connectivity index is 1.88. The molecule has 0 aliphatic heterocycles. The van der Waals surface area contributed by atoms with Crippen molar-refractivity contribution in [2.45, 2.75) is 38.8 Å². The average Bonchev–Trinajstić information content (AvgIpc) is 2.18. The van der Waals surface area contributed by atoms with Gasteiger partial charge in [-0.3, -0.25) is 4.90 Å². The minimum absolute atomic E-state index is 0.799. The minimum Gasteiger partial charge on any atom is -0.370 e. The highest BCUT2D eigenvalue weighted by atomic mass is 15.1. The lowest BCUT2D eigenvalue weighted by Crippen LogP contribution is -2.36. The topological polar surface area (TPSA) is 28.2 Å². The van der Waals surface area contributed by atoms with Gasteiger partial charge < -0.3 is 5.32 Å². The van der Waals surface area contributed by atoms with E-state index in [1.54, 1.807) is 0 Å². The molecule has 0 spiro atoms. The first-order chi connectivity index (χ1) is 7.79. The van der Waals surface area contributed by atoms with E-state index in [2.05, 4.69) is 41.3 Å². The summed E-state index contributed by atoms with van der Waals surface area (Å²) in [4.78, 5) is 6.82. The van der Waals surface area contributed by atoms with Crippen LogP contribution in [0.3, 0.4) is 0 Å². The molecule has 0 atom stereocenters. The zero-order chi connectivity index (χ0) is 11.4. The van der Waals surface area contributed by atoms with Crippen LogP contribution in [0.2, 0.25) is 0 Å². The standard InChI is InChI=1S/C13H21N3/c1-3-14-13-8-7-11(9-15-13)10-16(2)12-5-4-6-12/h7-9,12H,3-6,10H2,1-2H3,(H,14,15). The highest BCUT2D eigenvalue weighted by molar-refractivity contribution is 5.35. The zero-order valence-electron chi connectivity index (χ0n) is 10.2. The number of hydrogen-bond donors (Lipinski definition) is 1. The molecule has 0 radical (unpaired) electrons. The summed E-state index contributed by atoms with van der Waals surface area (Å²) in [6, 6.07) is 5.03. The summed E-state index contributed by atoms with van der Waals surface area (Å²) in [5.74, 6) is 0.970. The summed E-state index contributed by atoms with van der Waals surface area (Å²) >= 11 is 0. The maximum Gasteiger partial charge on any atom is 0.125 e. The van der Waals surface area contributed by atoms with Gasteiger partial charge in [-0.25, -0.2) is 4.98 Å². The van der Waals surface area contributed by atoms with Crippen molar-refractivity contribution in [2.75, 3.05) is 18.9 Å². The van der Waals surface area contributed by atoms with E-state index in [1.165, 1.54) is 24.8 Å². The van der Waals surface area contributed by atoms with Crippen molar-refractivity contribution >= 4 is 5.82 Å². The molecule has 1 N–H and O–H groups in total. The second-order valence-electron chi connectivity index (χ2n) is 4.58. The van der Waals surface area contributed by atoms with Crippen molar-refractivity contribution < 1.29 is 0 Å². The quantitative estimate of drug-likeness (QED) is 0.824. The van der Waals surface area contributed by atoms with E-state index in [0.29, 0.717) is 0 Å². The molecular weight excluding hydrogens is 198 g/mol. The third kappa shape index (κ3) is 2.73. The lowest BCUT2D eigenvalue weighted by atomic mass is 9.92. The molecule has 0 unspecified atom stereocenters. The van der Waals surface area contributed by atoms with Crippen LogP contribution in [-0.2, 0) is 6.54 Å². The monoisotopic (exact) mass is 219 g/mol. The van der Waals surface area contributed by atoms with Crippen LogP contribution in [-0.4, -0.2) is 29.5 Å². The molecular formula is C13H21N3. The van der Waals surface area contributed by atoms with Gasteiger partial charge in [0, 0.05) is 25.3 Å². The molecule has 16 heavy (non-hydrogen) atoms. The first kappa shape index (κ1) is 11.4. The molecule has 1 fully saturated rings. The second-order valence-corrected chi connectivity index (χ2v) is 4.58. The van der Waals surface area contributed by atoms with E-state index in [9.17, 15) is 0 Å². The van der Waals surface area contributed by atoms with Crippen LogP contribution in [0.15, 0.2) is 18.3 Å². The van der Waals surface area contributed by atoms with Crippen LogP contribution in [0.5, 0.6) is 0 Å². The van der Waals surface area contributed by atoms with Crippen LogP contribution >= 0.6 is 0 Å². The molecule has 1 aromatic rings. The van der Waals surface area contributed by atoms with Gasteiger partial charge in [-0.1, -0.05) is 12.5 Å². The molecule has 0 aromatic carbocycles. The molecule has 2 rings (SSSR count). The van der Waals surface area contributed by atoms with Crippen LogP contribution in [0.1, 0.15) is 31.7 Å². The number of anilines is 1. The maximum absolute atomic E-state index is 4.39. The number of nitrogens with zero attached hydrogens (tertiary/aromatic N) is 2. The third-order valence-corrected chi connectivity index (χ3v) is 3.31. The van der Waals surface area contributed by atoms with Gasteiger partial charge in [-0.05, 0) is 38.4 Å². The van der Waals surface area contributed by atoms with Crippen LogP contribution in [0, 0.1) is 0 Å². The fraction of sp³-hybridized carbons (Fsp3) is 0.615. The van der Waals surface area contributed by atoms with Crippen molar-refractivity contribution in [3.63, 3.8) is 0 Å². The third-order valence-electron chi connectivity index (χ3n) is 3.31. The molecule has 1 aliphatic carbocycles. The van der Waals surface area contributed by atoms with Crippen molar-refractivity contribution in [3.05, 3.63) is 23.9 Å². The first-order valence-corrected chi connectivity index (χ1v) is 6.18. The Morgan fingerprint density at radius 2 is 2.25 bits per heavy atom. The van der Waals surface area contributed by atoms with Gasteiger partial charge in [0.1, 0.15) is 5.82 Å². The van der Waals surface area contributed by atoms with E-state index >= 15 is 0 Å². The van der Waals surface area contributed by atoms with Gasteiger partial charge in [-0.15, -0.1) is 0 Å². The Kier molecular flexibility index (Phi) is 3.78. The van der Waals surface area contributed by atoms with Crippen LogP contribution in [0.25, 0.3) is 0 Å².